The largest absolute Gasteiger partial charge is 0.383 e. The summed E-state index contributed by atoms with van der Waals surface area (Å²) in [7, 11) is 1.82. The third-order valence-corrected chi connectivity index (χ3v) is 4.66. The molecule has 0 aromatic heterocycles. The maximum Gasteiger partial charge on any atom is 0.0589 e. The number of nitrogens with one attached hydrogen (secondary N) is 1. The lowest BCUT2D eigenvalue weighted by molar-refractivity contribution is 0.101. The molecule has 1 saturated heterocycles. The van der Waals surface area contributed by atoms with E-state index < -0.39 is 0 Å². The van der Waals surface area contributed by atoms with Crippen molar-refractivity contribution in [3.05, 3.63) is 0 Å². The highest BCUT2D eigenvalue weighted by Gasteiger charge is 2.28. The van der Waals surface area contributed by atoms with Crippen LogP contribution < -0.4 is 5.32 Å². The molecule has 114 valence electrons. The first-order chi connectivity index (χ1) is 8.79. The molecule has 0 spiro atoms. The van der Waals surface area contributed by atoms with Crippen molar-refractivity contribution in [1.29, 1.82) is 0 Å². The van der Waals surface area contributed by atoms with Gasteiger partial charge in [0.15, 0.2) is 0 Å². The fourth-order valence-corrected chi connectivity index (χ4v) is 3.55. The Kier molecular flexibility index (Phi) is 8.31. The molecular weight excluding hydrogens is 260 g/mol. The zero-order chi connectivity index (χ0) is 12.8. The van der Waals surface area contributed by atoms with E-state index in [1.165, 1.54) is 51.7 Å². The van der Waals surface area contributed by atoms with Crippen LogP contribution in [0.4, 0.5) is 0 Å². The van der Waals surface area contributed by atoms with E-state index in [0.717, 1.165) is 31.0 Å². The Labute approximate surface area is 124 Å². The van der Waals surface area contributed by atoms with Gasteiger partial charge in [-0.05, 0) is 57.0 Å². The second-order valence-electron chi connectivity index (χ2n) is 6.27. The molecule has 2 aliphatic rings. The number of halogens is 1. The van der Waals surface area contributed by atoms with Crippen molar-refractivity contribution >= 4 is 12.4 Å². The average molecular weight is 291 g/mol. The van der Waals surface area contributed by atoms with Crippen molar-refractivity contribution in [2.24, 2.45) is 11.8 Å². The molecule has 2 rings (SSSR count). The van der Waals surface area contributed by atoms with Crippen molar-refractivity contribution in [1.82, 2.24) is 10.2 Å². The van der Waals surface area contributed by atoms with Gasteiger partial charge in [0.05, 0.1) is 6.61 Å². The van der Waals surface area contributed by atoms with Crippen LogP contribution in [0.2, 0.25) is 0 Å². The first kappa shape index (κ1) is 17.2. The van der Waals surface area contributed by atoms with Crippen molar-refractivity contribution in [2.45, 2.75) is 45.1 Å². The van der Waals surface area contributed by atoms with Crippen LogP contribution in [0.5, 0.6) is 0 Å². The van der Waals surface area contributed by atoms with E-state index in [0.29, 0.717) is 0 Å². The summed E-state index contributed by atoms with van der Waals surface area (Å²) in [6.07, 6.45) is 6.95. The topological polar surface area (TPSA) is 24.5 Å². The van der Waals surface area contributed by atoms with Gasteiger partial charge in [-0.15, -0.1) is 12.4 Å². The van der Waals surface area contributed by atoms with Crippen LogP contribution in [0.1, 0.15) is 39.0 Å². The smallest absolute Gasteiger partial charge is 0.0589 e. The molecule has 0 aromatic carbocycles. The lowest BCUT2D eigenvalue weighted by Crippen LogP contribution is -2.43. The minimum atomic E-state index is 0. The van der Waals surface area contributed by atoms with Crippen molar-refractivity contribution < 1.29 is 4.74 Å². The van der Waals surface area contributed by atoms with Crippen LogP contribution in [0.3, 0.4) is 0 Å². The quantitative estimate of drug-likeness (QED) is 0.814. The summed E-state index contributed by atoms with van der Waals surface area (Å²) in [5.41, 5.74) is 0. The van der Waals surface area contributed by atoms with E-state index in [2.05, 4.69) is 17.1 Å². The summed E-state index contributed by atoms with van der Waals surface area (Å²) in [6.45, 7) is 8.10. The minimum absolute atomic E-state index is 0. The molecule has 1 saturated carbocycles. The number of ether oxygens (including phenoxy) is 1. The second kappa shape index (κ2) is 9.17. The maximum atomic E-state index is 5.29. The fourth-order valence-electron chi connectivity index (χ4n) is 3.55. The molecule has 3 atom stereocenters. The Morgan fingerprint density at radius 2 is 2.11 bits per heavy atom. The highest BCUT2D eigenvalue weighted by molar-refractivity contribution is 5.85. The van der Waals surface area contributed by atoms with E-state index >= 15 is 0 Å². The van der Waals surface area contributed by atoms with Gasteiger partial charge in [-0.3, -0.25) is 4.90 Å². The maximum absolute atomic E-state index is 5.29. The summed E-state index contributed by atoms with van der Waals surface area (Å²) >= 11 is 0. The Bertz CT molecular complexity index is 234. The predicted octanol–water partition coefficient (Wildman–Crippen LogP) is 2.54. The molecular formula is C15H31ClN2O. The summed E-state index contributed by atoms with van der Waals surface area (Å²) < 4.78 is 5.29. The molecule has 4 heteroatoms. The Morgan fingerprint density at radius 1 is 1.26 bits per heavy atom. The number of hydrogen-bond acceptors (Lipinski definition) is 3. The Balaban J connectivity index is 0.00000180. The van der Waals surface area contributed by atoms with Crippen LogP contribution in [-0.4, -0.2) is 50.8 Å². The van der Waals surface area contributed by atoms with Crippen molar-refractivity contribution in [3.63, 3.8) is 0 Å². The van der Waals surface area contributed by atoms with Crippen molar-refractivity contribution in [3.8, 4) is 0 Å². The van der Waals surface area contributed by atoms with Gasteiger partial charge in [0.25, 0.3) is 0 Å². The standard InChI is InChI=1S/C15H30N2O.ClH/c1-13-5-6-15(10-13)17(8-9-18-2)12-14-4-3-7-16-11-14;/h13-16H,3-12H2,1-2H3;1H. The van der Waals surface area contributed by atoms with Gasteiger partial charge < -0.3 is 10.1 Å². The van der Waals surface area contributed by atoms with Crippen LogP contribution in [0, 0.1) is 11.8 Å². The van der Waals surface area contributed by atoms with E-state index in [1.54, 1.807) is 0 Å². The molecule has 0 bridgehead atoms. The highest BCUT2D eigenvalue weighted by atomic mass is 35.5. The van der Waals surface area contributed by atoms with Gasteiger partial charge in [-0.1, -0.05) is 6.92 Å². The zero-order valence-electron chi connectivity index (χ0n) is 12.6. The molecule has 2 fully saturated rings. The third kappa shape index (κ3) is 5.58. The number of hydrogen-bond donors (Lipinski definition) is 1. The normalized spacial score (nSPS) is 31.4. The van der Waals surface area contributed by atoms with Crippen LogP contribution in [0.15, 0.2) is 0 Å². The lowest BCUT2D eigenvalue weighted by atomic mass is 9.98. The number of nitrogens with zero attached hydrogens (tertiary/aromatic N) is 1. The third-order valence-electron chi connectivity index (χ3n) is 4.66. The molecule has 1 N–H and O–H groups in total. The minimum Gasteiger partial charge on any atom is -0.383 e. The van der Waals surface area contributed by atoms with E-state index in [4.69, 9.17) is 4.74 Å². The van der Waals surface area contributed by atoms with E-state index in [-0.39, 0.29) is 12.4 Å². The van der Waals surface area contributed by atoms with Crippen LogP contribution >= 0.6 is 12.4 Å². The lowest BCUT2D eigenvalue weighted by Gasteiger charge is -2.34. The molecule has 3 unspecified atom stereocenters. The molecule has 1 aliphatic carbocycles. The van der Waals surface area contributed by atoms with Gasteiger partial charge in [0, 0.05) is 26.2 Å². The first-order valence-electron chi connectivity index (χ1n) is 7.73. The zero-order valence-corrected chi connectivity index (χ0v) is 13.4. The highest BCUT2D eigenvalue weighted by Crippen LogP contribution is 2.29. The Hall–Kier alpha value is 0.170. The summed E-state index contributed by atoms with van der Waals surface area (Å²) in [4.78, 5) is 2.71. The van der Waals surface area contributed by atoms with E-state index in [9.17, 15) is 0 Å². The number of rotatable bonds is 6. The molecule has 0 radical (unpaired) electrons. The molecule has 1 aliphatic heterocycles. The summed E-state index contributed by atoms with van der Waals surface area (Å²) in [5.74, 6) is 1.77. The second-order valence-corrected chi connectivity index (χ2v) is 6.27. The molecule has 1 heterocycles. The molecule has 19 heavy (non-hydrogen) atoms. The van der Waals surface area contributed by atoms with Crippen LogP contribution in [-0.2, 0) is 4.74 Å². The number of piperidine rings is 1. The SMILES string of the molecule is COCCN(CC1CCCNC1)C1CCC(C)C1.Cl. The monoisotopic (exact) mass is 290 g/mol. The van der Waals surface area contributed by atoms with Gasteiger partial charge in [-0.2, -0.15) is 0 Å². The molecule has 0 amide bonds. The number of methoxy groups -OCH3 is 1. The average Bonchev–Trinajstić information content (AvgIpc) is 2.82. The van der Waals surface area contributed by atoms with Gasteiger partial charge in [-0.25, -0.2) is 0 Å². The van der Waals surface area contributed by atoms with Crippen LogP contribution in [0.25, 0.3) is 0 Å². The summed E-state index contributed by atoms with van der Waals surface area (Å²) in [5, 5.41) is 3.54. The molecule has 0 aromatic rings. The van der Waals surface area contributed by atoms with Gasteiger partial charge in [0.1, 0.15) is 0 Å². The van der Waals surface area contributed by atoms with Crippen molar-refractivity contribution in [2.75, 3.05) is 39.9 Å². The van der Waals surface area contributed by atoms with Gasteiger partial charge >= 0.3 is 0 Å². The van der Waals surface area contributed by atoms with E-state index in [1.807, 2.05) is 7.11 Å². The fraction of sp³-hybridized carbons (Fsp3) is 1.00. The Morgan fingerprint density at radius 3 is 2.68 bits per heavy atom. The van der Waals surface area contributed by atoms with Gasteiger partial charge in [0.2, 0.25) is 0 Å². The summed E-state index contributed by atoms with van der Waals surface area (Å²) in [6, 6.07) is 0.817. The predicted molar refractivity (Wildman–Crippen MR) is 83.1 cm³/mol. The first-order valence-corrected chi connectivity index (χ1v) is 7.73. The molecule has 3 nitrogen and oxygen atoms in total.